The average Bonchev–Trinajstić information content (AvgIpc) is 2.47. The van der Waals surface area contributed by atoms with Crippen LogP contribution in [0.3, 0.4) is 0 Å². The SMILES string of the molecule is O=C(O)NCC(=O)c1ccc(Cl)s1. The first-order chi connectivity index (χ1) is 6.09. The Bertz CT molecular complexity index is 336. The molecule has 1 aromatic rings. The van der Waals surface area contributed by atoms with Gasteiger partial charge in [-0.25, -0.2) is 4.79 Å². The Morgan fingerprint density at radius 3 is 2.69 bits per heavy atom. The number of carboxylic acid groups (broad SMARTS) is 1. The lowest BCUT2D eigenvalue weighted by molar-refractivity contribution is 0.0991. The summed E-state index contributed by atoms with van der Waals surface area (Å²) >= 11 is 6.73. The van der Waals surface area contributed by atoms with E-state index in [1.807, 2.05) is 5.32 Å². The lowest BCUT2D eigenvalue weighted by atomic mass is 10.3. The van der Waals surface area contributed by atoms with E-state index in [4.69, 9.17) is 16.7 Å². The maximum absolute atomic E-state index is 11.2. The molecule has 0 spiro atoms. The van der Waals surface area contributed by atoms with Crippen molar-refractivity contribution in [3.05, 3.63) is 21.3 Å². The second-order valence-corrected chi connectivity index (χ2v) is 3.90. The van der Waals surface area contributed by atoms with Crippen LogP contribution in [0.25, 0.3) is 0 Å². The number of rotatable bonds is 3. The van der Waals surface area contributed by atoms with Gasteiger partial charge in [-0.05, 0) is 12.1 Å². The molecule has 0 radical (unpaired) electrons. The highest BCUT2D eigenvalue weighted by molar-refractivity contribution is 7.18. The molecule has 0 atom stereocenters. The first-order valence-corrected chi connectivity index (χ1v) is 4.54. The van der Waals surface area contributed by atoms with E-state index in [1.165, 1.54) is 0 Å². The quantitative estimate of drug-likeness (QED) is 0.763. The van der Waals surface area contributed by atoms with Gasteiger partial charge in [-0.15, -0.1) is 11.3 Å². The van der Waals surface area contributed by atoms with Crippen LogP contribution < -0.4 is 5.32 Å². The summed E-state index contributed by atoms with van der Waals surface area (Å²) in [6.45, 7) is -0.216. The van der Waals surface area contributed by atoms with Crippen LogP contribution in [0, 0.1) is 0 Å². The summed E-state index contributed by atoms with van der Waals surface area (Å²) in [5.74, 6) is -0.278. The predicted molar refractivity (Wildman–Crippen MR) is 49.7 cm³/mol. The third-order valence-corrected chi connectivity index (χ3v) is 2.52. The maximum Gasteiger partial charge on any atom is 0.405 e. The van der Waals surface area contributed by atoms with Crippen LogP contribution in [0.2, 0.25) is 4.34 Å². The van der Waals surface area contributed by atoms with Crippen molar-refractivity contribution >= 4 is 34.8 Å². The molecule has 0 saturated heterocycles. The third-order valence-electron chi connectivity index (χ3n) is 1.25. The van der Waals surface area contributed by atoms with Crippen LogP contribution in [-0.2, 0) is 0 Å². The number of hydrogen-bond donors (Lipinski definition) is 2. The predicted octanol–water partition coefficient (Wildman–Crippen LogP) is 1.85. The molecule has 0 aliphatic heterocycles. The number of thiophene rings is 1. The molecular formula is C7H6ClNO3S. The smallest absolute Gasteiger partial charge is 0.405 e. The summed E-state index contributed by atoms with van der Waals surface area (Å²) in [5.41, 5.74) is 0. The molecule has 2 N–H and O–H groups in total. The van der Waals surface area contributed by atoms with Gasteiger partial charge in [0, 0.05) is 0 Å². The lowest BCUT2D eigenvalue weighted by Crippen LogP contribution is -2.27. The van der Waals surface area contributed by atoms with Crippen molar-refractivity contribution in [3.63, 3.8) is 0 Å². The molecule has 6 heteroatoms. The van der Waals surface area contributed by atoms with E-state index in [0.29, 0.717) is 9.21 Å². The van der Waals surface area contributed by atoms with Crippen molar-refractivity contribution in [1.29, 1.82) is 0 Å². The fraction of sp³-hybridized carbons (Fsp3) is 0.143. The maximum atomic E-state index is 11.2. The number of amides is 1. The van der Waals surface area contributed by atoms with Crippen LogP contribution in [0.4, 0.5) is 4.79 Å². The molecule has 70 valence electrons. The highest BCUT2D eigenvalue weighted by atomic mass is 35.5. The van der Waals surface area contributed by atoms with E-state index in [1.54, 1.807) is 12.1 Å². The minimum Gasteiger partial charge on any atom is -0.465 e. The Hall–Kier alpha value is -1.07. The topological polar surface area (TPSA) is 66.4 Å². The first-order valence-electron chi connectivity index (χ1n) is 3.35. The summed E-state index contributed by atoms with van der Waals surface area (Å²) in [6.07, 6.45) is -1.21. The molecule has 0 unspecified atom stereocenters. The second kappa shape index (κ2) is 4.25. The molecule has 1 aromatic heterocycles. The Morgan fingerprint density at radius 2 is 2.23 bits per heavy atom. The van der Waals surface area contributed by atoms with Gasteiger partial charge in [-0.2, -0.15) is 0 Å². The Morgan fingerprint density at radius 1 is 1.54 bits per heavy atom. The van der Waals surface area contributed by atoms with Crippen molar-refractivity contribution in [2.45, 2.75) is 0 Å². The largest absolute Gasteiger partial charge is 0.465 e. The van der Waals surface area contributed by atoms with E-state index in [-0.39, 0.29) is 12.3 Å². The van der Waals surface area contributed by atoms with Crippen LogP contribution in [-0.4, -0.2) is 23.5 Å². The van der Waals surface area contributed by atoms with Crippen molar-refractivity contribution in [2.75, 3.05) is 6.54 Å². The number of carbonyl (C=O) groups is 2. The first kappa shape index (κ1) is 10.0. The van der Waals surface area contributed by atoms with Gasteiger partial charge in [-0.3, -0.25) is 4.79 Å². The zero-order valence-electron chi connectivity index (χ0n) is 6.41. The molecule has 0 saturated carbocycles. The summed E-state index contributed by atoms with van der Waals surface area (Å²) in [7, 11) is 0. The summed E-state index contributed by atoms with van der Waals surface area (Å²) in [4.78, 5) is 21.7. The number of carbonyl (C=O) groups excluding carboxylic acids is 1. The Balaban J connectivity index is 2.54. The summed E-state index contributed by atoms with van der Waals surface area (Å²) in [6, 6.07) is 3.17. The van der Waals surface area contributed by atoms with Crippen LogP contribution >= 0.6 is 22.9 Å². The molecule has 13 heavy (non-hydrogen) atoms. The molecule has 0 aromatic carbocycles. The number of nitrogens with one attached hydrogen (secondary N) is 1. The minimum absolute atomic E-state index is 0.216. The van der Waals surface area contributed by atoms with E-state index in [0.717, 1.165) is 11.3 Å². The molecule has 1 heterocycles. The third kappa shape index (κ3) is 3.04. The fourth-order valence-corrected chi connectivity index (χ4v) is 1.69. The molecule has 1 rings (SSSR count). The second-order valence-electron chi connectivity index (χ2n) is 2.19. The van der Waals surface area contributed by atoms with Gasteiger partial charge in [0.15, 0.2) is 5.78 Å². The van der Waals surface area contributed by atoms with Gasteiger partial charge in [0.1, 0.15) is 0 Å². The summed E-state index contributed by atoms with van der Waals surface area (Å²) in [5, 5.41) is 10.2. The molecule has 4 nitrogen and oxygen atoms in total. The van der Waals surface area contributed by atoms with E-state index >= 15 is 0 Å². The molecule has 1 amide bonds. The van der Waals surface area contributed by atoms with Crippen LogP contribution in [0.1, 0.15) is 9.67 Å². The van der Waals surface area contributed by atoms with Crippen molar-refractivity contribution in [2.24, 2.45) is 0 Å². The zero-order chi connectivity index (χ0) is 9.84. The van der Waals surface area contributed by atoms with Gasteiger partial charge in [0.2, 0.25) is 0 Å². The number of ketones is 1. The Kier molecular flexibility index (Phi) is 3.27. The van der Waals surface area contributed by atoms with Crippen molar-refractivity contribution in [1.82, 2.24) is 5.32 Å². The zero-order valence-corrected chi connectivity index (χ0v) is 7.98. The highest BCUT2D eigenvalue weighted by Crippen LogP contribution is 2.21. The lowest BCUT2D eigenvalue weighted by Gasteiger charge is -1.96. The van der Waals surface area contributed by atoms with Crippen LogP contribution in [0.15, 0.2) is 12.1 Å². The van der Waals surface area contributed by atoms with Gasteiger partial charge in [-0.1, -0.05) is 11.6 Å². The van der Waals surface area contributed by atoms with Gasteiger partial charge in [0.05, 0.1) is 15.8 Å². The molecular weight excluding hydrogens is 214 g/mol. The van der Waals surface area contributed by atoms with E-state index < -0.39 is 6.09 Å². The average molecular weight is 220 g/mol. The number of halogens is 1. The molecule has 0 fully saturated rings. The molecule has 0 aliphatic carbocycles. The number of hydrogen-bond acceptors (Lipinski definition) is 3. The van der Waals surface area contributed by atoms with Gasteiger partial charge >= 0.3 is 6.09 Å². The molecule has 0 aliphatic rings. The minimum atomic E-state index is -1.21. The van der Waals surface area contributed by atoms with E-state index in [2.05, 4.69) is 0 Å². The standard InChI is InChI=1S/C7H6ClNO3S/c8-6-2-1-5(13-6)4(10)3-9-7(11)12/h1-2,9H,3H2,(H,11,12). The van der Waals surface area contributed by atoms with Crippen molar-refractivity contribution in [3.8, 4) is 0 Å². The van der Waals surface area contributed by atoms with Crippen LogP contribution in [0.5, 0.6) is 0 Å². The van der Waals surface area contributed by atoms with Gasteiger partial charge in [0.25, 0.3) is 0 Å². The van der Waals surface area contributed by atoms with E-state index in [9.17, 15) is 9.59 Å². The monoisotopic (exact) mass is 219 g/mol. The van der Waals surface area contributed by atoms with Crippen molar-refractivity contribution < 1.29 is 14.7 Å². The summed E-state index contributed by atoms with van der Waals surface area (Å²) < 4.78 is 0.513. The van der Waals surface area contributed by atoms with Gasteiger partial charge < -0.3 is 10.4 Å². The molecule has 0 bridgehead atoms. The number of Topliss-reactive ketones (excluding diaryl/α,β-unsaturated/α-hetero) is 1. The highest BCUT2D eigenvalue weighted by Gasteiger charge is 2.09. The normalized spacial score (nSPS) is 9.62. The fourth-order valence-electron chi connectivity index (χ4n) is 0.707. The Labute approximate surface area is 83.1 Å².